The van der Waals surface area contributed by atoms with Crippen molar-refractivity contribution in [3.63, 3.8) is 0 Å². The molecule has 0 aliphatic heterocycles. The van der Waals surface area contributed by atoms with Crippen LogP contribution in [0.2, 0.25) is 5.15 Å². The maximum Gasteiger partial charge on any atom is 0.335 e. The maximum atomic E-state index is 12.2. The molecule has 0 spiro atoms. The Morgan fingerprint density at radius 2 is 2.00 bits per heavy atom. The highest BCUT2D eigenvalue weighted by molar-refractivity contribution is 7.92. The summed E-state index contributed by atoms with van der Waals surface area (Å²) in [5, 5.41) is 9.11. The Hall–Kier alpha value is -2.19. The molecule has 0 atom stereocenters. The summed E-state index contributed by atoms with van der Waals surface area (Å²) < 4.78 is 26.6. The molecule has 0 radical (unpaired) electrons. The number of carboxylic acids is 1. The average Bonchev–Trinajstić information content (AvgIpc) is 2.38. The molecule has 0 saturated heterocycles. The van der Waals surface area contributed by atoms with Crippen LogP contribution in [0.25, 0.3) is 0 Å². The Morgan fingerprint density at radius 3 is 2.62 bits per heavy atom. The van der Waals surface area contributed by atoms with Crippen molar-refractivity contribution in [1.82, 2.24) is 9.97 Å². The van der Waals surface area contributed by atoms with Gasteiger partial charge in [-0.15, -0.1) is 0 Å². The first-order valence-corrected chi connectivity index (χ1v) is 7.50. The third kappa shape index (κ3) is 3.47. The molecule has 0 saturated carbocycles. The van der Waals surface area contributed by atoms with Gasteiger partial charge in [-0.05, 0) is 24.6 Å². The quantitative estimate of drug-likeness (QED) is 0.830. The van der Waals surface area contributed by atoms with E-state index in [4.69, 9.17) is 16.7 Å². The molecule has 21 heavy (non-hydrogen) atoms. The minimum atomic E-state index is -3.97. The Balaban J connectivity index is 2.40. The van der Waals surface area contributed by atoms with Gasteiger partial charge in [-0.3, -0.25) is 4.72 Å². The van der Waals surface area contributed by atoms with Crippen LogP contribution in [0, 0.1) is 6.92 Å². The van der Waals surface area contributed by atoms with Crippen LogP contribution >= 0.6 is 11.6 Å². The minimum absolute atomic E-state index is 0.00699. The average molecular weight is 328 g/mol. The van der Waals surface area contributed by atoms with Crippen LogP contribution < -0.4 is 4.72 Å². The zero-order chi connectivity index (χ0) is 15.6. The van der Waals surface area contributed by atoms with Crippen LogP contribution in [-0.4, -0.2) is 29.5 Å². The highest BCUT2D eigenvalue weighted by atomic mass is 35.5. The number of hydrogen-bond donors (Lipinski definition) is 2. The van der Waals surface area contributed by atoms with E-state index in [0.29, 0.717) is 5.56 Å². The van der Waals surface area contributed by atoms with E-state index in [1.807, 2.05) is 0 Å². The number of halogens is 1. The smallest absolute Gasteiger partial charge is 0.335 e. The van der Waals surface area contributed by atoms with Gasteiger partial charge in [0.25, 0.3) is 10.0 Å². The molecule has 1 heterocycles. The second-order valence-electron chi connectivity index (χ2n) is 4.11. The summed E-state index contributed by atoms with van der Waals surface area (Å²) in [5.74, 6) is -1.21. The SMILES string of the molecule is Cc1ccc(S(=O)(=O)Nc2cc(Cl)ncn2)cc1C(=O)O. The first-order valence-electron chi connectivity index (χ1n) is 5.64. The van der Waals surface area contributed by atoms with Crippen molar-refractivity contribution in [2.24, 2.45) is 0 Å². The van der Waals surface area contributed by atoms with Crippen molar-refractivity contribution in [3.05, 3.63) is 46.9 Å². The largest absolute Gasteiger partial charge is 0.478 e. The zero-order valence-electron chi connectivity index (χ0n) is 10.7. The van der Waals surface area contributed by atoms with E-state index in [1.165, 1.54) is 18.2 Å². The Bertz CT molecular complexity index is 808. The molecular formula is C12H10ClN3O4S. The Labute approximate surface area is 125 Å². The first-order chi connectivity index (χ1) is 9.79. The lowest BCUT2D eigenvalue weighted by Gasteiger charge is -2.09. The molecule has 0 fully saturated rings. The topological polar surface area (TPSA) is 109 Å². The number of aromatic carboxylic acids is 1. The number of nitrogens with one attached hydrogen (secondary N) is 1. The van der Waals surface area contributed by atoms with Gasteiger partial charge in [0.1, 0.15) is 17.3 Å². The predicted octanol–water partition coefficient (Wildman–Crippen LogP) is 1.94. The molecule has 1 aromatic carbocycles. The van der Waals surface area contributed by atoms with Crippen molar-refractivity contribution in [2.75, 3.05) is 4.72 Å². The third-order valence-electron chi connectivity index (χ3n) is 2.62. The molecule has 2 rings (SSSR count). The van der Waals surface area contributed by atoms with Crippen LogP contribution in [0.1, 0.15) is 15.9 Å². The van der Waals surface area contributed by atoms with E-state index in [1.54, 1.807) is 6.92 Å². The fraction of sp³-hybridized carbons (Fsp3) is 0.0833. The molecule has 1 aromatic heterocycles. The second kappa shape index (κ2) is 5.66. The Morgan fingerprint density at radius 1 is 1.29 bits per heavy atom. The summed E-state index contributed by atoms with van der Waals surface area (Å²) in [6.07, 6.45) is 1.11. The van der Waals surface area contributed by atoms with Crippen LogP contribution in [0.3, 0.4) is 0 Å². The van der Waals surface area contributed by atoms with Crippen molar-refractivity contribution >= 4 is 33.4 Å². The summed E-state index contributed by atoms with van der Waals surface area (Å²) in [6, 6.07) is 5.06. The fourth-order valence-electron chi connectivity index (χ4n) is 1.58. The number of benzene rings is 1. The van der Waals surface area contributed by atoms with Crippen LogP contribution in [0.4, 0.5) is 5.82 Å². The second-order valence-corrected chi connectivity index (χ2v) is 6.18. The van der Waals surface area contributed by atoms with Gasteiger partial charge in [0, 0.05) is 6.07 Å². The standard InChI is InChI=1S/C12H10ClN3O4S/c1-7-2-3-8(4-9(7)12(17)18)21(19,20)16-11-5-10(13)14-6-15-11/h2-6H,1H3,(H,17,18)(H,14,15,16). The first kappa shape index (κ1) is 15.2. The van der Waals surface area contributed by atoms with Crippen molar-refractivity contribution < 1.29 is 18.3 Å². The number of carbonyl (C=O) groups is 1. The summed E-state index contributed by atoms with van der Waals surface area (Å²) >= 11 is 5.64. The summed E-state index contributed by atoms with van der Waals surface area (Å²) in [5.41, 5.74) is 0.380. The van der Waals surface area contributed by atoms with Gasteiger partial charge in [-0.1, -0.05) is 17.7 Å². The van der Waals surface area contributed by atoms with Crippen LogP contribution in [0.5, 0.6) is 0 Å². The summed E-state index contributed by atoms with van der Waals surface area (Å²) in [6.45, 7) is 1.58. The monoisotopic (exact) mass is 327 g/mol. The normalized spacial score (nSPS) is 11.1. The van der Waals surface area contributed by atoms with Gasteiger partial charge in [0.2, 0.25) is 0 Å². The maximum absolute atomic E-state index is 12.2. The van der Waals surface area contributed by atoms with E-state index in [2.05, 4.69) is 14.7 Å². The van der Waals surface area contributed by atoms with E-state index < -0.39 is 16.0 Å². The van der Waals surface area contributed by atoms with E-state index in [9.17, 15) is 13.2 Å². The molecule has 0 aliphatic rings. The number of carboxylic acid groups (broad SMARTS) is 1. The zero-order valence-corrected chi connectivity index (χ0v) is 12.3. The van der Waals surface area contributed by atoms with Crippen LogP contribution in [0.15, 0.2) is 35.5 Å². The molecule has 9 heteroatoms. The van der Waals surface area contributed by atoms with Crippen molar-refractivity contribution in [1.29, 1.82) is 0 Å². The van der Waals surface area contributed by atoms with Gasteiger partial charge in [0.15, 0.2) is 0 Å². The van der Waals surface area contributed by atoms with Crippen LogP contribution in [-0.2, 0) is 10.0 Å². The lowest BCUT2D eigenvalue weighted by Crippen LogP contribution is -2.15. The molecule has 0 amide bonds. The molecule has 0 bridgehead atoms. The molecule has 110 valence electrons. The lowest BCUT2D eigenvalue weighted by molar-refractivity contribution is 0.0696. The van der Waals surface area contributed by atoms with Gasteiger partial charge in [-0.25, -0.2) is 23.2 Å². The number of anilines is 1. The highest BCUT2D eigenvalue weighted by Gasteiger charge is 2.18. The Kier molecular flexibility index (Phi) is 4.10. The number of aromatic nitrogens is 2. The summed E-state index contributed by atoms with van der Waals surface area (Å²) in [4.78, 5) is 18.2. The van der Waals surface area contributed by atoms with E-state index in [0.717, 1.165) is 12.4 Å². The van der Waals surface area contributed by atoms with Crippen molar-refractivity contribution in [3.8, 4) is 0 Å². The predicted molar refractivity (Wildman–Crippen MR) is 76.0 cm³/mol. The van der Waals surface area contributed by atoms with Gasteiger partial charge in [0.05, 0.1) is 10.5 Å². The summed E-state index contributed by atoms with van der Waals surface area (Å²) in [7, 11) is -3.97. The minimum Gasteiger partial charge on any atom is -0.478 e. The van der Waals surface area contributed by atoms with E-state index in [-0.39, 0.29) is 21.4 Å². The number of hydrogen-bond acceptors (Lipinski definition) is 5. The van der Waals surface area contributed by atoms with Gasteiger partial charge >= 0.3 is 5.97 Å². The lowest BCUT2D eigenvalue weighted by atomic mass is 10.1. The molecular weight excluding hydrogens is 318 g/mol. The van der Waals surface area contributed by atoms with Crippen molar-refractivity contribution in [2.45, 2.75) is 11.8 Å². The third-order valence-corrected chi connectivity index (χ3v) is 4.18. The number of rotatable bonds is 4. The number of sulfonamides is 1. The number of nitrogens with zero attached hydrogens (tertiary/aromatic N) is 2. The van der Waals surface area contributed by atoms with Gasteiger partial charge in [-0.2, -0.15) is 0 Å². The molecule has 7 nitrogen and oxygen atoms in total. The fourth-order valence-corrected chi connectivity index (χ4v) is 2.76. The van der Waals surface area contributed by atoms with E-state index >= 15 is 0 Å². The molecule has 0 aliphatic carbocycles. The van der Waals surface area contributed by atoms with Gasteiger partial charge < -0.3 is 5.11 Å². The molecule has 0 unspecified atom stereocenters. The number of aryl methyl sites for hydroxylation is 1. The molecule has 2 aromatic rings. The molecule has 2 N–H and O–H groups in total. The highest BCUT2D eigenvalue weighted by Crippen LogP contribution is 2.19.